The summed E-state index contributed by atoms with van der Waals surface area (Å²) in [5.41, 5.74) is 7.67. The highest BCUT2D eigenvalue weighted by Gasteiger charge is 2.11. The predicted octanol–water partition coefficient (Wildman–Crippen LogP) is 4.30. The lowest BCUT2D eigenvalue weighted by atomic mass is 9.96. The first-order valence-electron chi connectivity index (χ1n) is 6.94. The molecule has 2 N–H and O–H groups in total. The Labute approximate surface area is 129 Å². The zero-order valence-corrected chi connectivity index (χ0v) is 12.7. The van der Waals surface area contributed by atoms with Gasteiger partial charge in [-0.2, -0.15) is 0 Å². The van der Waals surface area contributed by atoms with Crippen molar-refractivity contribution in [1.29, 1.82) is 0 Å². The molecule has 2 nitrogen and oxygen atoms in total. The summed E-state index contributed by atoms with van der Waals surface area (Å²) in [5.74, 6) is 0.640. The van der Waals surface area contributed by atoms with E-state index in [9.17, 15) is 4.39 Å². The molecule has 2 rings (SSSR count). The number of benzene rings is 2. The molecule has 0 amide bonds. The summed E-state index contributed by atoms with van der Waals surface area (Å²) in [6.45, 7) is 2.93. The summed E-state index contributed by atoms with van der Waals surface area (Å²) in [6.07, 6.45) is 0.738. The van der Waals surface area contributed by atoms with E-state index in [0.717, 1.165) is 28.3 Å². The third kappa shape index (κ3) is 4.45. The van der Waals surface area contributed by atoms with Crippen molar-refractivity contribution >= 4 is 11.6 Å². The number of hydrogen-bond acceptors (Lipinski definition) is 2. The van der Waals surface area contributed by atoms with Gasteiger partial charge in [0.15, 0.2) is 0 Å². The van der Waals surface area contributed by atoms with E-state index in [1.807, 2.05) is 31.2 Å². The molecule has 0 spiro atoms. The number of halogens is 2. The van der Waals surface area contributed by atoms with E-state index in [2.05, 4.69) is 0 Å². The third-order valence-corrected chi connectivity index (χ3v) is 3.89. The second-order valence-corrected chi connectivity index (χ2v) is 5.44. The third-order valence-electron chi connectivity index (χ3n) is 3.47. The molecule has 0 aromatic heterocycles. The maximum Gasteiger partial charge on any atom is 0.123 e. The molecule has 1 unspecified atom stereocenters. The van der Waals surface area contributed by atoms with Crippen LogP contribution >= 0.6 is 11.6 Å². The molecule has 0 aliphatic heterocycles. The summed E-state index contributed by atoms with van der Waals surface area (Å²) in [5, 5.41) is 0.724. The number of hydrogen-bond donors (Lipinski definition) is 1. The number of aryl methyl sites for hydroxylation is 1. The molecule has 0 saturated heterocycles. The predicted molar refractivity (Wildman–Crippen MR) is 84.5 cm³/mol. The van der Waals surface area contributed by atoms with Crippen LogP contribution in [0, 0.1) is 12.7 Å². The second-order valence-electron chi connectivity index (χ2n) is 5.04. The van der Waals surface area contributed by atoms with Gasteiger partial charge < -0.3 is 10.5 Å². The minimum Gasteiger partial charge on any atom is -0.494 e. The van der Waals surface area contributed by atoms with Crippen LogP contribution in [-0.4, -0.2) is 13.2 Å². The van der Waals surface area contributed by atoms with Crippen LogP contribution in [0.4, 0.5) is 4.39 Å². The molecule has 112 valence electrons. The first-order valence-corrected chi connectivity index (χ1v) is 7.32. The fourth-order valence-electron chi connectivity index (χ4n) is 2.21. The number of nitrogens with two attached hydrogens (primary N) is 1. The van der Waals surface area contributed by atoms with E-state index < -0.39 is 0 Å². The molecule has 0 bridgehead atoms. The summed E-state index contributed by atoms with van der Waals surface area (Å²) in [6, 6.07) is 12.1. The first kappa shape index (κ1) is 15.8. The van der Waals surface area contributed by atoms with Gasteiger partial charge in [0.2, 0.25) is 0 Å². The van der Waals surface area contributed by atoms with Gasteiger partial charge in [-0.15, -0.1) is 0 Å². The van der Waals surface area contributed by atoms with Crippen molar-refractivity contribution < 1.29 is 9.13 Å². The van der Waals surface area contributed by atoms with E-state index in [1.165, 1.54) is 12.1 Å². The Morgan fingerprint density at radius 2 is 2.05 bits per heavy atom. The van der Waals surface area contributed by atoms with Gasteiger partial charge in [-0.1, -0.05) is 23.7 Å². The van der Waals surface area contributed by atoms with E-state index in [-0.39, 0.29) is 11.7 Å². The van der Waals surface area contributed by atoms with Crippen LogP contribution in [0.1, 0.15) is 23.5 Å². The molecule has 1 atom stereocenters. The van der Waals surface area contributed by atoms with E-state index in [0.29, 0.717) is 13.2 Å². The normalized spacial score (nSPS) is 12.2. The SMILES string of the molecule is Cc1cc(OCCC(CN)c2cccc(F)c2)ccc1Cl. The van der Waals surface area contributed by atoms with Crippen molar-refractivity contribution in [3.63, 3.8) is 0 Å². The molecule has 0 aliphatic rings. The Hall–Kier alpha value is -1.58. The number of ether oxygens (including phenoxy) is 1. The maximum absolute atomic E-state index is 13.2. The maximum atomic E-state index is 13.2. The molecular formula is C17H19ClFNO. The highest BCUT2D eigenvalue weighted by atomic mass is 35.5. The van der Waals surface area contributed by atoms with Crippen molar-refractivity contribution in [1.82, 2.24) is 0 Å². The Bertz CT molecular complexity index is 603. The minimum atomic E-state index is -0.236. The van der Waals surface area contributed by atoms with Gasteiger partial charge in [0.1, 0.15) is 11.6 Å². The fraction of sp³-hybridized carbons (Fsp3) is 0.294. The van der Waals surface area contributed by atoms with Gasteiger partial charge in [-0.05, 0) is 67.3 Å². The minimum absolute atomic E-state index is 0.0918. The largest absolute Gasteiger partial charge is 0.494 e. The van der Waals surface area contributed by atoms with Gasteiger partial charge in [-0.25, -0.2) is 4.39 Å². The van der Waals surface area contributed by atoms with Gasteiger partial charge in [0.25, 0.3) is 0 Å². The van der Waals surface area contributed by atoms with Crippen molar-refractivity contribution in [2.24, 2.45) is 5.73 Å². The van der Waals surface area contributed by atoms with Gasteiger partial charge in [-0.3, -0.25) is 0 Å². The standard InChI is InChI=1S/C17H19ClFNO/c1-12-9-16(5-6-17(12)18)21-8-7-14(11-20)13-3-2-4-15(19)10-13/h2-6,9-10,14H,7-8,11,20H2,1H3. The van der Waals surface area contributed by atoms with Crippen LogP contribution in [0.3, 0.4) is 0 Å². The van der Waals surface area contributed by atoms with Crippen LogP contribution in [0.25, 0.3) is 0 Å². The molecule has 4 heteroatoms. The molecule has 21 heavy (non-hydrogen) atoms. The van der Waals surface area contributed by atoms with Crippen molar-refractivity contribution in [2.75, 3.05) is 13.2 Å². The highest BCUT2D eigenvalue weighted by Crippen LogP contribution is 2.23. The lowest BCUT2D eigenvalue weighted by Crippen LogP contribution is -2.15. The molecule has 0 saturated carbocycles. The average Bonchev–Trinajstić information content (AvgIpc) is 2.47. The second kappa shape index (κ2) is 7.43. The van der Waals surface area contributed by atoms with Crippen LogP contribution in [-0.2, 0) is 0 Å². The Morgan fingerprint density at radius 1 is 1.24 bits per heavy atom. The van der Waals surface area contributed by atoms with Crippen LogP contribution in [0.5, 0.6) is 5.75 Å². The van der Waals surface area contributed by atoms with Crippen LogP contribution in [0.15, 0.2) is 42.5 Å². The summed E-state index contributed by atoms with van der Waals surface area (Å²) in [7, 11) is 0. The number of rotatable bonds is 6. The first-order chi connectivity index (χ1) is 10.1. The average molecular weight is 308 g/mol. The van der Waals surface area contributed by atoms with Gasteiger partial charge in [0.05, 0.1) is 6.61 Å². The van der Waals surface area contributed by atoms with Crippen molar-refractivity contribution in [2.45, 2.75) is 19.3 Å². The Balaban J connectivity index is 1.93. The lowest BCUT2D eigenvalue weighted by Gasteiger charge is -2.16. The quantitative estimate of drug-likeness (QED) is 0.863. The Kier molecular flexibility index (Phi) is 5.59. The smallest absolute Gasteiger partial charge is 0.123 e. The van der Waals surface area contributed by atoms with Crippen molar-refractivity contribution in [3.05, 3.63) is 64.4 Å². The van der Waals surface area contributed by atoms with E-state index in [1.54, 1.807) is 6.07 Å². The summed E-state index contributed by atoms with van der Waals surface area (Å²) in [4.78, 5) is 0. The molecular weight excluding hydrogens is 289 g/mol. The fourth-order valence-corrected chi connectivity index (χ4v) is 2.32. The van der Waals surface area contributed by atoms with Gasteiger partial charge in [0, 0.05) is 5.02 Å². The molecule has 0 heterocycles. The monoisotopic (exact) mass is 307 g/mol. The molecule has 0 aliphatic carbocycles. The Morgan fingerprint density at radius 3 is 2.71 bits per heavy atom. The van der Waals surface area contributed by atoms with E-state index in [4.69, 9.17) is 22.1 Å². The highest BCUT2D eigenvalue weighted by molar-refractivity contribution is 6.31. The van der Waals surface area contributed by atoms with Crippen LogP contribution < -0.4 is 10.5 Å². The lowest BCUT2D eigenvalue weighted by molar-refractivity contribution is 0.298. The zero-order chi connectivity index (χ0) is 15.2. The topological polar surface area (TPSA) is 35.2 Å². The van der Waals surface area contributed by atoms with E-state index >= 15 is 0 Å². The van der Waals surface area contributed by atoms with Crippen LogP contribution in [0.2, 0.25) is 5.02 Å². The molecule has 0 radical (unpaired) electrons. The molecule has 2 aromatic carbocycles. The molecule has 0 fully saturated rings. The van der Waals surface area contributed by atoms with Crippen molar-refractivity contribution in [3.8, 4) is 5.75 Å². The molecule has 2 aromatic rings. The summed E-state index contributed by atoms with van der Waals surface area (Å²) < 4.78 is 19.0. The van der Waals surface area contributed by atoms with Gasteiger partial charge >= 0.3 is 0 Å². The summed E-state index contributed by atoms with van der Waals surface area (Å²) >= 11 is 5.97. The zero-order valence-electron chi connectivity index (χ0n) is 12.0.